The first-order chi connectivity index (χ1) is 8.90. The van der Waals surface area contributed by atoms with E-state index in [0.29, 0.717) is 6.54 Å². The number of nitrogens with one attached hydrogen (secondary N) is 1. The van der Waals surface area contributed by atoms with Crippen LogP contribution < -0.4 is 11.1 Å². The molecule has 0 radical (unpaired) electrons. The first-order valence-electron chi connectivity index (χ1n) is 6.42. The molecule has 6 heteroatoms. The van der Waals surface area contributed by atoms with Gasteiger partial charge in [-0.1, -0.05) is 0 Å². The van der Waals surface area contributed by atoms with Gasteiger partial charge in [-0.3, -0.25) is 5.32 Å². The van der Waals surface area contributed by atoms with Gasteiger partial charge in [0, 0.05) is 12.4 Å². The fraction of sp³-hybridized carbons (Fsp3) is 0.615. The molecule has 1 aromatic heterocycles. The van der Waals surface area contributed by atoms with Crippen molar-refractivity contribution in [1.82, 2.24) is 9.97 Å². The fourth-order valence-corrected chi connectivity index (χ4v) is 1.42. The highest BCUT2D eigenvalue weighted by Gasteiger charge is 2.16. The van der Waals surface area contributed by atoms with Crippen LogP contribution in [0.5, 0.6) is 0 Å². The lowest BCUT2D eigenvalue weighted by atomic mass is 10.1. The fourth-order valence-electron chi connectivity index (χ4n) is 1.42. The monoisotopic (exact) mass is 266 g/mol. The van der Waals surface area contributed by atoms with Crippen molar-refractivity contribution in [3.8, 4) is 0 Å². The Bertz CT molecular complexity index is 398. The summed E-state index contributed by atoms with van der Waals surface area (Å²) < 4.78 is 5.11. The standard InChI is InChI=1S/C13H22N4O2/c1-13(2,3)19-12(18)17-11-15-8-10(9-16-11)6-4-5-7-14/h8-9H,4-7,14H2,1-3H3,(H,15,16,17,18). The summed E-state index contributed by atoms with van der Waals surface area (Å²) in [4.78, 5) is 19.6. The Morgan fingerprint density at radius 1 is 1.32 bits per heavy atom. The number of carbonyl (C=O) groups excluding carboxylic acids is 1. The molecule has 0 bridgehead atoms. The summed E-state index contributed by atoms with van der Waals surface area (Å²) in [6, 6.07) is 0. The van der Waals surface area contributed by atoms with Crippen LogP contribution in [0.15, 0.2) is 12.4 Å². The SMILES string of the molecule is CC(C)(C)OC(=O)Nc1ncc(CCCCN)cn1. The van der Waals surface area contributed by atoms with E-state index in [2.05, 4.69) is 15.3 Å². The van der Waals surface area contributed by atoms with Crippen LogP contribution in [0.3, 0.4) is 0 Å². The minimum Gasteiger partial charge on any atom is -0.444 e. The number of nitrogens with zero attached hydrogens (tertiary/aromatic N) is 2. The average Bonchev–Trinajstić information content (AvgIpc) is 2.29. The molecule has 0 saturated carbocycles. The predicted octanol–water partition coefficient (Wildman–Crippen LogP) is 2.10. The van der Waals surface area contributed by atoms with Crippen molar-refractivity contribution in [3.63, 3.8) is 0 Å². The summed E-state index contributed by atoms with van der Waals surface area (Å²) in [5.74, 6) is 0.247. The number of rotatable bonds is 5. The Labute approximate surface area is 113 Å². The zero-order chi connectivity index (χ0) is 14.3. The maximum atomic E-state index is 11.5. The number of unbranched alkanes of at least 4 members (excludes halogenated alkanes) is 1. The smallest absolute Gasteiger partial charge is 0.414 e. The summed E-state index contributed by atoms with van der Waals surface area (Å²) in [7, 11) is 0. The number of aromatic nitrogens is 2. The van der Waals surface area contributed by atoms with Gasteiger partial charge in [-0.2, -0.15) is 0 Å². The molecule has 1 aromatic rings. The third kappa shape index (κ3) is 6.71. The maximum absolute atomic E-state index is 11.5. The normalized spacial score (nSPS) is 11.2. The third-order valence-electron chi connectivity index (χ3n) is 2.24. The Kier molecular flexibility index (Phi) is 5.69. The molecule has 19 heavy (non-hydrogen) atoms. The van der Waals surface area contributed by atoms with Gasteiger partial charge in [0.15, 0.2) is 0 Å². The first-order valence-corrected chi connectivity index (χ1v) is 6.42. The molecule has 0 unspecified atom stereocenters. The Hall–Kier alpha value is -1.69. The second kappa shape index (κ2) is 7.04. The molecule has 0 aromatic carbocycles. The minimum atomic E-state index is -0.552. The van der Waals surface area contributed by atoms with Gasteiger partial charge < -0.3 is 10.5 Å². The van der Waals surface area contributed by atoms with Crippen LogP contribution in [0.1, 0.15) is 39.2 Å². The number of nitrogens with two attached hydrogens (primary N) is 1. The van der Waals surface area contributed by atoms with Gasteiger partial charge in [0.05, 0.1) is 0 Å². The molecule has 0 aliphatic rings. The van der Waals surface area contributed by atoms with Crippen LogP contribution >= 0.6 is 0 Å². The summed E-state index contributed by atoms with van der Waals surface area (Å²) in [6.45, 7) is 6.09. The lowest BCUT2D eigenvalue weighted by Gasteiger charge is -2.19. The summed E-state index contributed by atoms with van der Waals surface area (Å²) in [5.41, 5.74) is 5.92. The molecule has 0 spiro atoms. The Balaban J connectivity index is 2.45. The van der Waals surface area contributed by atoms with Crippen LogP contribution in [0.25, 0.3) is 0 Å². The van der Waals surface area contributed by atoms with Crippen molar-refractivity contribution in [1.29, 1.82) is 0 Å². The van der Waals surface area contributed by atoms with Gasteiger partial charge in [-0.25, -0.2) is 14.8 Å². The summed E-state index contributed by atoms with van der Waals surface area (Å²) in [6.07, 6.45) is 5.75. The summed E-state index contributed by atoms with van der Waals surface area (Å²) >= 11 is 0. The number of aryl methyl sites for hydroxylation is 1. The van der Waals surface area contributed by atoms with Crippen LogP contribution in [0.4, 0.5) is 10.7 Å². The van der Waals surface area contributed by atoms with Gasteiger partial charge in [-0.05, 0) is 52.1 Å². The van der Waals surface area contributed by atoms with Crippen LogP contribution in [0.2, 0.25) is 0 Å². The first kappa shape index (κ1) is 15.4. The van der Waals surface area contributed by atoms with E-state index in [4.69, 9.17) is 10.5 Å². The van der Waals surface area contributed by atoms with Gasteiger partial charge in [0.1, 0.15) is 5.60 Å². The second-order valence-electron chi connectivity index (χ2n) is 5.29. The summed E-state index contributed by atoms with van der Waals surface area (Å²) in [5, 5.41) is 2.49. The zero-order valence-corrected chi connectivity index (χ0v) is 11.8. The maximum Gasteiger partial charge on any atom is 0.414 e. The molecule has 6 nitrogen and oxygen atoms in total. The number of hydrogen-bond acceptors (Lipinski definition) is 5. The van der Waals surface area contributed by atoms with Crippen molar-refractivity contribution in [3.05, 3.63) is 18.0 Å². The van der Waals surface area contributed by atoms with E-state index in [1.165, 1.54) is 0 Å². The topological polar surface area (TPSA) is 90.1 Å². The Morgan fingerprint density at radius 2 is 1.95 bits per heavy atom. The average molecular weight is 266 g/mol. The van der Waals surface area contributed by atoms with E-state index >= 15 is 0 Å². The molecule has 1 heterocycles. The van der Waals surface area contributed by atoms with Gasteiger partial charge in [-0.15, -0.1) is 0 Å². The number of hydrogen-bond donors (Lipinski definition) is 2. The van der Waals surface area contributed by atoms with Crippen LogP contribution in [-0.2, 0) is 11.2 Å². The van der Waals surface area contributed by atoms with Gasteiger partial charge in [0.25, 0.3) is 0 Å². The van der Waals surface area contributed by atoms with Gasteiger partial charge in [0.2, 0.25) is 5.95 Å². The molecule has 0 fully saturated rings. The highest BCUT2D eigenvalue weighted by atomic mass is 16.6. The molecule has 0 saturated heterocycles. The molecule has 1 rings (SSSR count). The highest BCUT2D eigenvalue weighted by molar-refractivity contribution is 5.82. The predicted molar refractivity (Wildman–Crippen MR) is 73.9 cm³/mol. The van der Waals surface area contributed by atoms with Crippen molar-refractivity contribution >= 4 is 12.0 Å². The van der Waals surface area contributed by atoms with E-state index in [0.717, 1.165) is 24.8 Å². The molecular weight excluding hydrogens is 244 g/mol. The number of ether oxygens (including phenoxy) is 1. The van der Waals surface area contributed by atoms with Crippen LogP contribution in [-0.4, -0.2) is 28.2 Å². The third-order valence-corrected chi connectivity index (χ3v) is 2.24. The number of anilines is 1. The van der Waals surface area contributed by atoms with Crippen molar-refractivity contribution in [2.45, 2.75) is 45.6 Å². The van der Waals surface area contributed by atoms with Crippen LogP contribution in [0, 0.1) is 0 Å². The largest absolute Gasteiger partial charge is 0.444 e. The molecule has 3 N–H and O–H groups in total. The highest BCUT2D eigenvalue weighted by Crippen LogP contribution is 2.09. The van der Waals surface area contributed by atoms with Gasteiger partial charge >= 0.3 is 6.09 Å². The van der Waals surface area contributed by atoms with Crippen molar-refractivity contribution in [2.24, 2.45) is 5.73 Å². The van der Waals surface area contributed by atoms with Crippen molar-refractivity contribution in [2.75, 3.05) is 11.9 Å². The van der Waals surface area contributed by atoms with E-state index in [-0.39, 0.29) is 5.95 Å². The number of carbonyl (C=O) groups is 1. The Morgan fingerprint density at radius 3 is 2.47 bits per heavy atom. The van der Waals surface area contributed by atoms with Crippen molar-refractivity contribution < 1.29 is 9.53 Å². The lowest BCUT2D eigenvalue weighted by Crippen LogP contribution is -2.27. The van der Waals surface area contributed by atoms with E-state index in [1.54, 1.807) is 33.2 Å². The second-order valence-corrected chi connectivity index (χ2v) is 5.29. The van der Waals surface area contributed by atoms with E-state index in [1.807, 2.05) is 0 Å². The molecule has 0 aliphatic carbocycles. The molecular formula is C13H22N4O2. The van der Waals surface area contributed by atoms with E-state index in [9.17, 15) is 4.79 Å². The van der Waals surface area contributed by atoms with E-state index < -0.39 is 11.7 Å². The molecule has 106 valence electrons. The molecule has 1 amide bonds. The minimum absolute atomic E-state index is 0.247. The number of amides is 1. The zero-order valence-electron chi connectivity index (χ0n) is 11.8. The quantitative estimate of drug-likeness (QED) is 0.796. The lowest BCUT2D eigenvalue weighted by molar-refractivity contribution is 0.0634. The molecule has 0 aliphatic heterocycles. The molecule has 0 atom stereocenters.